The van der Waals surface area contributed by atoms with E-state index in [1.165, 1.54) is 18.2 Å². The second-order valence-electron chi connectivity index (χ2n) is 4.23. The lowest BCUT2D eigenvalue weighted by Crippen LogP contribution is -2.37. The number of rotatable bonds is 6. The SMILES string of the molecule is NC(CCSCC(=O)N1CCCCC1)C(=O)O. The van der Waals surface area contributed by atoms with Crippen molar-refractivity contribution in [3.63, 3.8) is 0 Å². The Hall–Kier alpha value is -0.750. The molecule has 0 radical (unpaired) electrons. The van der Waals surface area contributed by atoms with Crippen molar-refractivity contribution in [1.29, 1.82) is 0 Å². The van der Waals surface area contributed by atoms with Crippen LogP contribution in [0.25, 0.3) is 0 Å². The lowest BCUT2D eigenvalue weighted by molar-refractivity contribution is -0.138. The standard InChI is InChI=1S/C11H20N2O3S/c12-9(11(15)16)4-7-17-8-10(14)13-5-2-1-3-6-13/h9H,1-8,12H2,(H,15,16). The molecule has 1 aliphatic heterocycles. The monoisotopic (exact) mass is 260 g/mol. The first-order valence-corrected chi connectivity index (χ1v) is 7.10. The van der Waals surface area contributed by atoms with E-state index in [1.54, 1.807) is 0 Å². The highest BCUT2D eigenvalue weighted by Gasteiger charge is 2.16. The van der Waals surface area contributed by atoms with Gasteiger partial charge < -0.3 is 15.7 Å². The van der Waals surface area contributed by atoms with Crippen LogP contribution in [0, 0.1) is 0 Å². The van der Waals surface area contributed by atoms with E-state index in [-0.39, 0.29) is 5.91 Å². The Labute approximate surface area is 106 Å². The number of carbonyl (C=O) groups excluding carboxylic acids is 1. The van der Waals surface area contributed by atoms with Crippen molar-refractivity contribution in [2.24, 2.45) is 5.73 Å². The van der Waals surface area contributed by atoms with Gasteiger partial charge in [-0.2, -0.15) is 11.8 Å². The molecule has 0 aliphatic carbocycles. The van der Waals surface area contributed by atoms with E-state index in [4.69, 9.17) is 10.8 Å². The first-order chi connectivity index (χ1) is 8.11. The Bertz CT molecular complexity index is 267. The molecular weight excluding hydrogens is 240 g/mol. The summed E-state index contributed by atoms with van der Waals surface area (Å²) in [6.45, 7) is 1.74. The van der Waals surface area contributed by atoms with E-state index in [9.17, 15) is 9.59 Å². The Morgan fingerprint density at radius 3 is 2.53 bits per heavy atom. The van der Waals surface area contributed by atoms with Crippen molar-refractivity contribution >= 4 is 23.6 Å². The molecule has 17 heavy (non-hydrogen) atoms. The number of carboxylic acids is 1. The van der Waals surface area contributed by atoms with Crippen molar-refractivity contribution < 1.29 is 14.7 Å². The van der Waals surface area contributed by atoms with E-state index >= 15 is 0 Å². The summed E-state index contributed by atoms with van der Waals surface area (Å²) >= 11 is 1.47. The van der Waals surface area contributed by atoms with Crippen LogP contribution in [0.3, 0.4) is 0 Å². The third-order valence-electron chi connectivity index (χ3n) is 2.82. The Kier molecular flexibility index (Phi) is 6.36. The van der Waals surface area contributed by atoms with Gasteiger partial charge in [-0.1, -0.05) is 0 Å². The molecule has 0 saturated carbocycles. The molecule has 0 aromatic rings. The summed E-state index contributed by atoms with van der Waals surface area (Å²) in [4.78, 5) is 24.1. The molecule has 6 heteroatoms. The van der Waals surface area contributed by atoms with Crippen molar-refractivity contribution in [3.05, 3.63) is 0 Å². The minimum absolute atomic E-state index is 0.165. The van der Waals surface area contributed by atoms with Gasteiger partial charge in [0, 0.05) is 13.1 Å². The molecule has 1 rings (SSSR count). The highest BCUT2D eigenvalue weighted by atomic mass is 32.2. The van der Waals surface area contributed by atoms with Gasteiger partial charge in [0.15, 0.2) is 0 Å². The summed E-state index contributed by atoms with van der Waals surface area (Å²) in [6.07, 6.45) is 3.82. The zero-order valence-electron chi connectivity index (χ0n) is 9.93. The molecule has 0 aromatic carbocycles. The quantitative estimate of drug-likeness (QED) is 0.681. The summed E-state index contributed by atoms with van der Waals surface area (Å²) in [5.74, 6) is 0.242. The third kappa shape index (κ3) is 5.41. The van der Waals surface area contributed by atoms with E-state index in [2.05, 4.69) is 0 Å². The molecule has 0 aromatic heterocycles. The van der Waals surface area contributed by atoms with Gasteiger partial charge in [-0.05, 0) is 31.4 Å². The number of aliphatic carboxylic acids is 1. The predicted molar refractivity (Wildman–Crippen MR) is 68.0 cm³/mol. The fraction of sp³-hybridized carbons (Fsp3) is 0.818. The molecule has 5 nitrogen and oxygen atoms in total. The first kappa shape index (κ1) is 14.3. The number of hydrogen-bond donors (Lipinski definition) is 2. The van der Waals surface area contributed by atoms with Crippen LogP contribution in [0.5, 0.6) is 0 Å². The summed E-state index contributed by atoms with van der Waals surface area (Å²) in [6, 6.07) is -0.812. The zero-order valence-corrected chi connectivity index (χ0v) is 10.7. The van der Waals surface area contributed by atoms with Crippen LogP contribution in [-0.2, 0) is 9.59 Å². The van der Waals surface area contributed by atoms with Crippen LogP contribution >= 0.6 is 11.8 Å². The van der Waals surface area contributed by atoms with Crippen molar-refractivity contribution in [2.45, 2.75) is 31.7 Å². The summed E-state index contributed by atoms with van der Waals surface area (Å²) in [7, 11) is 0. The number of hydrogen-bond acceptors (Lipinski definition) is 4. The summed E-state index contributed by atoms with van der Waals surface area (Å²) < 4.78 is 0. The van der Waals surface area contributed by atoms with Gasteiger partial charge in [-0.15, -0.1) is 0 Å². The molecular formula is C11H20N2O3S. The number of likely N-dealkylation sites (tertiary alicyclic amines) is 1. The molecule has 0 spiro atoms. The minimum Gasteiger partial charge on any atom is -0.480 e. The van der Waals surface area contributed by atoms with Crippen LogP contribution in [0.4, 0.5) is 0 Å². The first-order valence-electron chi connectivity index (χ1n) is 5.95. The maximum Gasteiger partial charge on any atom is 0.320 e. The van der Waals surface area contributed by atoms with Crippen LogP contribution in [0.15, 0.2) is 0 Å². The molecule has 1 amide bonds. The number of amides is 1. The van der Waals surface area contributed by atoms with Crippen LogP contribution in [0.1, 0.15) is 25.7 Å². The van der Waals surface area contributed by atoms with E-state index in [0.717, 1.165) is 25.9 Å². The molecule has 1 fully saturated rings. The Morgan fingerprint density at radius 2 is 1.94 bits per heavy atom. The number of piperidine rings is 1. The normalized spacial score (nSPS) is 17.8. The van der Waals surface area contributed by atoms with Crippen molar-refractivity contribution in [3.8, 4) is 0 Å². The van der Waals surface area contributed by atoms with E-state index in [1.807, 2.05) is 4.90 Å². The van der Waals surface area contributed by atoms with Crippen molar-refractivity contribution in [2.75, 3.05) is 24.6 Å². The molecule has 1 heterocycles. The number of thioether (sulfide) groups is 1. The van der Waals surface area contributed by atoms with Gasteiger partial charge >= 0.3 is 5.97 Å². The zero-order chi connectivity index (χ0) is 12.7. The fourth-order valence-corrected chi connectivity index (χ4v) is 2.65. The molecule has 98 valence electrons. The average Bonchev–Trinajstić information content (AvgIpc) is 2.35. The smallest absolute Gasteiger partial charge is 0.320 e. The van der Waals surface area contributed by atoms with Gasteiger partial charge in [-0.25, -0.2) is 0 Å². The Balaban J connectivity index is 2.09. The second kappa shape index (κ2) is 7.55. The van der Waals surface area contributed by atoms with Crippen LogP contribution < -0.4 is 5.73 Å². The molecule has 1 atom stereocenters. The number of carboxylic acid groups (broad SMARTS) is 1. The second-order valence-corrected chi connectivity index (χ2v) is 5.33. The highest BCUT2D eigenvalue weighted by Crippen LogP contribution is 2.12. The van der Waals surface area contributed by atoms with Gasteiger partial charge in [0.05, 0.1) is 5.75 Å². The molecule has 1 saturated heterocycles. The Morgan fingerprint density at radius 1 is 1.29 bits per heavy atom. The maximum absolute atomic E-state index is 11.7. The molecule has 1 unspecified atom stereocenters. The van der Waals surface area contributed by atoms with Crippen LogP contribution in [-0.4, -0.2) is 52.5 Å². The fourth-order valence-electron chi connectivity index (χ4n) is 1.73. The van der Waals surface area contributed by atoms with Crippen LogP contribution in [0.2, 0.25) is 0 Å². The maximum atomic E-state index is 11.7. The summed E-state index contributed by atoms with van der Waals surface area (Å²) in [5, 5.41) is 8.58. The van der Waals surface area contributed by atoms with Gasteiger partial charge in [0.25, 0.3) is 0 Å². The average molecular weight is 260 g/mol. The lowest BCUT2D eigenvalue weighted by Gasteiger charge is -2.26. The summed E-state index contributed by atoms with van der Waals surface area (Å²) in [5.41, 5.74) is 5.37. The lowest BCUT2D eigenvalue weighted by atomic mass is 10.1. The van der Waals surface area contributed by atoms with Gasteiger partial charge in [0.2, 0.25) is 5.91 Å². The molecule has 0 bridgehead atoms. The topological polar surface area (TPSA) is 83.6 Å². The van der Waals surface area contributed by atoms with Crippen molar-refractivity contribution in [1.82, 2.24) is 4.90 Å². The van der Waals surface area contributed by atoms with Gasteiger partial charge in [-0.3, -0.25) is 9.59 Å². The molecule has 3 N–H and O–H groups in total. The largest absolute Gasteiger partial charge is 0.480 e. The number of nitrogens with zero attached hydrogens (tertiary/aromatic N) is 1. The predicted octanol–water partition coefficient (Wildman–Crippen LogP) is 0.534. The third-order valence-corrected chi connectivity index (χ3v) is 3.80. The van der Waals surface area contributed by atoms with E-state index in [0.29, 0.717) is 17.9 Å². The number of nitrogens with two attached hydrogens (primary N) is 1. The van der Waals surface area contributed by atoms with E-state index < -0.39 is 12.0 Å². The highest BCUT2D eigenvalue weighted by molar-refractivity contribution is 7.99. The molecule has 1 aliphatic rings. The minimum atomic E-state index is -0.979. The van der Waals surface area contributed by atoms with Gasteiger partial charge in [0.1, 0.15) is 6.04 Å². The number of carbonyl (C=O) groups is 2.